The van der Waals surface area contributed by atoms with Crippen LogP contribution in [-0.4, -0.2) is 84.5 Å². The van der Waals surface area contributed by atoms with Crippen LogP contribution in [0.2, 0.25) is 5.02 Å². The van der Waals surface area contributed by atoms with Gasteiger partial charge in [-0.25, -0.2) is 4.39 Å². The van der Waals surface area contributed by atoms with Gasteiger partial charge in [-0.3, -0.25) is 29.4 Å². The van der Waals surface area contributed by atoms with Crippen LogP contribution < -0.4 is 25.8 Å². The van der Waals surface area contributed by atoms with Crippen molar-refractivity contribution in [1.29, 1.82) is 0 Å². The predicted molar refractivity (Wildman–Crippen MR) is 200 cm³/mol. The number of anilines is 2. The number of pyridine rings is 1. The summed E-state index contributed by atoms with van der Waals surface area (Å²) in [5.74, 6) is -0.358. The summed E-state index contributed by atoms with van der Waals surface area (Å²) in [6.45, 7) is 7.18. The molecule has 278 valence electrons. The number of carbonyl (C=O) groups excluding carboxylic acids is 3. The lowest BCUT2D eigenvalue weighted by atomic mass is 9.93. The zero-order valence-corrected chi connectivity index (χ0v) is 31.3. The maximum atomic E-state index is 15.2. The fourth-order valence-electron chi connectivity index (χ4n) is 7.78. The molecule has 3 amide bonds. The van der Waals surface area contributed by atoms with Gasteiger partial charge in [-0.05, 0) is 87.4 Å². The molecule has 6 rings (SSSR count). The zero-order chi connectivity index (χ0) is 37.3. The van der Waals surface area contributed by atoms with E-state index in [1.165, 1.54) is 6.07 Å². The molecule has 0 aliphatic carbocycles. The van der Waals surface area contributed by atoms with Crippen LogP contribution in [0.5, 0.6) is 5.75 Å². The fraction of sp³-hybridized carbons (Fsp3) is 0.487. The smallest absolute Gasteiger partial charge is 0.253 e. The van der Waals surface area contributed by atoms with Crippen LogP contribution in [0.3, 0.4) is 0 Å². The standard InChI is InChI=1S/C39H48ClFN6O5/c1-23-24(2)38(50)44(3)21-29(23)26-18-31(40)30(35(19-26)52-5)22-46-14-12-28(13-15-46)45(4)39(51)25-10-16-47(17-11-25)34-8-6-27(20-32(34)41)42-33-7-9-36(48)43-37(33)49/h6,8,18-21,25,28,33,42H,7,9-17,22H2,1-5H3,(H,43,48,49). The summed E-state index contributed by atoms with van der Waals surface area (Å²) in [5, 5.41) is 5.94. The van der Waals surface area contributed by atoms with Gasteiger partial charge < -0.3 is 24.4 Å². The van der Waals surface area contributed by atoms with E-state index in [4.69, 9.17) is 16.3 Å². The minimum atomic E-state index is -0.581. The monoisotopic (exact) mass is 734 g/mol. The minimum Gasteiger partial charge on any atom is -0.496 e. The van der Waals surface area contributed by atoms with Gasteiger partial charge in [0.15, 0.2) is 0 Å². The molecule has 3 aliphatic heterocycles. The summed E-state index contributed by atoms with van der Waals surface area (Å²) in [4.78, 5) is 55.8. The molecule has 1 unspecified atom stereocenters. The van der Waals surface area contributed by atoms with Crippen LogP contribution in [0.1, 0.15) is 55.2 Å². The number of methoxy groups -OCH3 is 1. The Labute approximate surface area is 309 Å². The number of aryl methyl sites for hydroxylation is 1. The van der Waals surface area contributed by atoms with Crippen molar-refractivity contribution in [3.8, 4) is 16.9 Å². The second kappa shape index (κ2) is 15.7. The second-order valence-corrected chi connectivity index (χ2v) is 14.8. The van der Waals surface area contributed by atoms with E-state index >= 15 is 4.39 Å². The van der Waals surface area contributed by atoms with Gasteiger partial charge in [0.25, 0.3) is 5.56 Å². The second-order valence-electron chi connectivity index (χ2n) is 14.4. The SMILES string of the molecule is COc1cc(-c2cn(C)c(=O)c(C)c2C)cc(Cl)c1CN1CCC(N(C)C(=O)C2CCN(c3ccc(NC4CCC(=O)NC4=O)cc3F)CC2)CC1. The van der Waals surface area contributed by atoms with E-state index < -0.39 is 17.8 Å². The number of ether oxygens (including phenoxy) is 1. The summed E-state index contributed by atoms with van der Waals surface area (Å²) in [5.41, 5.74) is 5.32. The molecule has 52 heavy (non-hydrogen) atoms. The number of hydrogen-bond acceptors (Lipinski definition) is 8. The largest absolute Gasteiger partial charge is 0.496 e. The van der Waals surface area contributed by atoms with Gasteiger partial charge >= 0.3 is 0 Å². The van der Waals surface area contributed by atoms with Crippen LogP contribution in [0, 0.1) is 25.6 Å². The van der Waals surface area contributed by atoms with E-state index in [9.17, 15) is 19.2 Å². The molecule has 2 N–H and O–H groups in total. The van der Waals surface area contributed by atoms with Crippen molar-refractivity contribution >= 4 is 40.7 Å². The lowest BCUT2D eigenvalue weighted by Crippen LogP contribution is -2.49. The number of piperidine rings is 3. The van der Waals surface area contributed by atoms with Crippen LogP contribution in [0.25, 0.3) is 11.1 Å². The fourth-order valence-corrected chi connectivity index (χ4v) is 8.05. The van der Waals surface area contributed by atoms with Gasteiger partial charge in [0.1, 0.15) is 17.6 Å². The summed E-state index contributed by atoms with van der Waals surface area (Å²) < 4.78 is 22.6. The Morgan fingerprint density at radius 2 is 1.73 bits per heavy atom. The molecule has 3 fully saturated rings. The number of carbonyl (C=O) groups is 3. The van der Waals surface area contributed by atoms with Crippen LogP contribution in [0.4, 0.5) is 15.8 Å². The minimum absolute atomic E-state index is 0.0176. The lowest BCUT2D eigenvalue weighted by Gasteiger charge is -2.40. The molecule has 11 nitrogen and oxygen atoms in total. The van der Waals surface area contributed by atoms with E-state index in [1.54, 1.807) is 30.9 Å². The summed E-state index contributed by atoms with van der Waals surface area (Å²) in [6, 6.07) is 8.33. The molecular formula is C39H48ClFN6O5. The number of benzene rings is 2. The molecule has 2 aromatic carbocycles. The molecule has 4 heterocycles. The average Bonchev–Trinajstić information content (AvgIpc) is 3.14. The highest BCUT2D eigenvalue weighted by Gasteiger charge is 2.33. The third-order valence-electron chi connectivity index (χ3n) is 11.2. The van der Waals surface area contributed by atoms with E-state index in [1.807, 2.05) is 49.0 Å². The number of hydrogen-bond donors (Lipinski definition) is 2. The highest BCUT2D eigenvalue weighted by Crippen LogP contribution is 2.36. The summed E-state index contributed by atoms with van der Waals surface area (Å²) >= 11 is 6.88. The first-order valence-corrected chi connectivity index (χ1v) is 18.4. The number of amides is 3. The molecule has 13 heteroatoms. The van der Waals surface area contributed by atoms with Gasteiger partial charge in [-0.1, -0.05) is 11.6 Å². The predicted octanol–water partition coefficient (Wildman–Crippen LogP) is 5.03. The third-order valence-corrected chi connectivity index (χ3v) is 11.5. The molecule has 0 spiro atoms. The molecule has 1 aromatic heterocycles. The molecule has 1 atom stereocenters. The van der Waals surface area contributed by atoms with Gasteiger partial charge in [-0.2, -0.15) is 0 Å². The van der Waals surface area contributed by atoms with Gasteiger partial charge in [0, 0.05) is 98.8 Å². The Balaban J connectivity index is 1.00. The Hall–Kier alpha value is -4.42. The Bertz CT molecular complexity index is 1920. The molecule has 0 saturated carbocycles. The van der Waals surface area contributed by atoms with E-state index in [-0.39, 0.29) is 35.8 Å². The van der Waals surface area contributed by atoms with Crippen molar-refractivity contribution in [3.05, 3.63) is 74.4 Å². The molecule has 3 aliphatic rings. The van der Waals surface area contributed by atoms with Crippen molar-refractivity contribution in [2.24, 2.45) is 13.0 Å². The van der Waals surface area contributed by atoms with Gasteiger partial charge in [0.2, 0.25) is 17.7 Å². The molecule has 0 radical (unpaired) electrons. The van der Waals surface area contributed by atoms with Crippen molar-refractivity contribution in [3.63, 3.8) is 0 Å². The Kier molecular flexibility index (Phi) is 11.3. The molecular weight excluding hydrogens is 687 g/mol. The van der Waals surface area contributed by atoms with Crippen LogP contribution in [0.15, 0.2) is 41.3 Å². The zero-order valence-electron chi connectivity index (χ0n) is 30.6. The average molecular weight is 735 g/mol. The quantitative estimate of drug-likeness (QED) is 0.295. The van der Waals surface area contributed by atoms with Gasteiger partial charge in [-0.15, -0.1) is 0 Å². The van der Waals surface area contributed by atoms with Gasteiger partial charge in [0.05, 0.1) is 12.8 Å². The Morgan fingerprint density at radius 1 is 1.02 bits per heavy atom. The lowest BCUT2D eigenvalue weighted by molar-refractivity contribution is -0.138. The third kappa shape index (κ3) is 7.83. The maximum absolute atomic E-state index is 15.2. The van der Waals surface area contributed by atoms with Crippen molar-refractivity contribution < 1.29 is 23.5 Å². The van der Waals surface area contributed by atoms with Crippen LogP contribution >= 0.6 is 11.6 Å². The first-order chi connectivity index (χ1) is 24.8. The van der Waals surface area contributed by atoms with Crippen molar-refractivity contribution in [2.45, 2.75) is 71.0 Å². The number of likely N-dealkylation sites (tertiary alicyclic amines) is 1. The molecule has 3 aromatic rings. The number of nitrogens with one attached hydrogen (secondary N) is 2. The normalized spacial score (nSPS) is 19.1. The van der Waals surface area contributed by atoms with E-state index in [2.05, 4.69) is 15.5 Å². The highest BCUT2D eigenvalue weighted by atomic mass is 35.5. The Morgan fingerprint density at radius 3 is 2.38 bits per heavy atom. The number of rotatable bonds is 9. The van der Waals surface area contributed by atoms with E-state index in [0.29, 0.717) is 66.6 Å². The highest BCUT2D eigenvalue weighted by molar-refractivity contribution is 6.32. The topological polar surface area (TPSA) is 116 Å². The molecule has 0 bridgehead atoms. The summed E-state index contributed by atoms with van der Waals surface area (Å²) in [6.07, 6.45) is 5.43. The van der Waals surface area contributed by atoms with Crippen molar-refractivity contribution in [2.75, 3.05) is 50.6 Å². The van der Waals surface area contributed by atoms with Crippen LogP contribution in [-0.2, 0) is 28.0 Å². The first kappa shape index (κ1) is 37.3. The number of nitrogens with zero attached hydrogens (tertiary/aromatic N) is 4. The number of aromatic nitrogens is 1. The maximum Gasteiger partial charge on any atom is 0.253 e. The molecule has 3 saturated heterocycles. The number of halogens is 2. The number of imide groups is 1. The van der Waals surface area contributed by atoms with E-state index in [0.717, 1.165) is 48.2 Å². The first-order valence-electron chi connectivity index (χ1n) is 18.0. The van der Waals surface area contributed by atoms with Crippen molar-refractivity contribution in [1.82, 2.24) is 19.7 Å². The summed E-state index contributed by atoms with van der Waals surface area (Å²) in [7, 11) is 5.30.